The maximum absolute atomic E-state index is 12.2. The summed E-state index contributed by atoms with van der Waals surface area (Å²) in [6.45, 7) is 4.26. The quantitative estimate of drug-likeness (QED) is 0.626. The van der Waals surface area contributed by atoms with E-state index in [4.69, 9.17) is 16.3 Å². The zero-order valence-electron chi connectivity index (χ0n) is 16.2. The number of nitrogens with one attached hydrogen (secondary N) is 1. The van der Waals surface area contributed by atoms with E-state index in [0.29, 0.717) is 22.4 Å². The number of para-hydroxylation sites is 1. The zero-order chi connectivity index (χ0) is 20.7. The lowest BCUT2D eigenvalue weighted by molar-refractivity contribution is -0.119. The third-order valence-electron chi connectivity index (χ3n) is 4.05. The average Bonchev–Trinajstić information content (AvgIpc) is 2.64. The van der Waals surface area contributed by atoms with Crippen LogP contribution in [-0.2, 0) is 14.8 Å². The van der Waals surface area contributed by atoms with Gasteiger partial charge in [0.15, 0.2) is 0 Å². The molecule has 2 rings (SSSR count). The first-order chi connectivity index (χ1) is 13.2. The molecule has 0 aliphatic heterocycles. The number of carbonyl (C=O) groups excluding carboxylic acids is 1. The topological polar surface area (TPSA) is 75.7 Å². The van der Waals surface area contributed by atoms with Gasteiger partial charge in [-0.15, -0.1) is 0 Å². The molecule has 1 amide bonds. The molecule has 0 saturated carbocycles. The molecule has 0 spiro atoms. The van der Waals surface area contributed by atoms with Gasteiger partial charge < -0.3 is 10.1 Å². The van der Waals surface area contributed by atoms with E-state index in [0.717, 1.165) is 16.1 Å². The van der Waals surface area contributed by atoms with Crippen molar-refractivity contribution in [2.24, 2.45) is 0 Å². The highest BCUT2D eigenvalue weighted by molar-refractivity contribution is 7.92. The molecule has 0 bridgehead atoms. The zero-order valence-corrected chi connectivity index (χ0v) is 17.8. The summed E-state index contributed by atoms with van der Waals surface area (Å²) >= 11 is 6.00. The van der Waals surface area contributed by atoms with E-state index < -0.39 is 15.9 Å². The Morgan fingerprint density at radius 2 is 1.79 bits per heavy atom. The minimum atomic E-state index is -3.60. The summed E-state index contributed by atoms with van der Waals surface area (Å²) in [7, 11) is -3.60. The van der Waals surface area contributed by atoms with Crippen molar-refractivity contribution in [2.45, 2.75) is 19.8 Å². The van der Waals surface area contributed by atoms with Crippen LogP contribution >= 0.6 is 11.6 Å². The Morgan fingerprint density at radius 1 is 1.14 bits per heavy atom. The van der Waals surface area contributed by atoms with Gasteiger partial charge >= 0.3 is 0 Å². The van der Waals surface area contributed by atoms with E-state index in [-0.39, 0.29) is 19.7 Å². The summed E-state index contributed by atoms with van der Waals surface area (Å²) in [6.07, 6.45) is 1.08. The molecule has 0 aromatic heterocycles. The van der Waals surface area contributed by atoms with Crippen molar-refractivity contribution < 1.29 is 17.9 Å². The van der Waals surface area contributed by atoms with Crippen molar-refractivity contribution in [3.05, 3.63) is 59.1 Å². The average molecular weight is 425 g/mol. The van der Waals surface area contributed by atoms with E-state index in [1.54, 1.807) is 36.4 Å². The second-order valence-electron chi connectivity index (χ2n) is 6.64. The van der Waals surface area contributed by atoms with Gasteiger partial charge in [-0.25, -0.2) is 8.42 Å². The second kappa shape index (κ2) is 9.80. The van der Waals surface area contributed by atoms with Gasteiger partial charge in [-0.1, -0.05) is 49.7 Å². The minimum absolute atomic E-state index is 0.220. The predicted molar refractivity (Wildman–Crippen MR) is 113 cm³/mol. The van der Waals surface area contributed by atoms with E-state index in [1.165, 1.54) is 0 Å². The maximum Gasteiger partial charge on any atom is 0.240 e. The van der Waals surface area contributed by atoms with Crippen LogP contribution in [0.3, 0.4) is 0 Å². The number of hydrogen-bond acceptors (Lipinski definition) is 4. The smallest absolute Gasteiger partial charge is 0.240 e. The molecule has 0 fully saturated rings. The Kier molecular flexibility index (Phi) is 7.71. The van der Waals surface area contributed by atoms with Crippen LogP contribution < -0.4 is 14.4 Å². The molecule has 2 aromatic carbocycles. The molecular formula is C20H25ClN2O4S. The lowest BCUT2D eigenvalue weighted by Gasteiger charge is -2.22. The summed E-state index contributed by atoms with van der Waals surface area (Å²) in [5, 5.41) is 3.15. The number of ether oxygens (including phenoxy) is 1. The van der Waals surface area contributed by atoms with Gasteiger partial charge in [-0.05, 0) is 35.7 Å². The molecular weight excluding hydrogens is 400 g/mol. The van der Waals surface area contributed by atoms with Crippen LogP contribution in [-0.4, -0.2) is 40.3 Å². The molecule has 0 radical (unpaired) electrons. The van der Waals surface area contributed by atoms with E-state index in [1.807, 2.05) is 12.1 Å². The van der Waals surface area contributed by atoms with Crippen molar-refractivity contribution in [3.8, 4) is 5.75 Å². The van der Waals surface area contributed by atoms with E-state index in [2.05, 4.69) is 19.2 Å². The molecule has 8 heteroatoms. The number of carbonyl (C=O) groups is 1. The van der Waals surface area contributed by atoms with Gasteiger partial charge in [0.2, 0.25) is 15.9 Å². The number of rotatable bonds is 9. The fourth-order valence-electron chi connectivity index (χ4n) is 2.53. The highest BCUT2D eigenvalue weighted by Crippen LogP contribution is 2.23. The number of anilines is 1. The number of nitrogens with zero attached hydrogens (tertiary/aromatic N) is 1. The Labute approximate surface area is 171 Å². The summed E-state index contributed by atoms with van der Waals surface area (Å²) in [6, 6.07) is 14.2. The van der Waals surface area contributed by atoms with Crippen LogP contribution in [0.2, 0.25) is 5.02 Å². The first kappa shape index (κ1) is 22.0. The summed E-state index contributed by atoms with van der Waals surface area (Å²) in [5.41, 5.74) is 1.55. The first-order valence-electron chi connectivity index (χ1n) is 8.90. The molecule has 0 aliphatic carbocycles. The molecule has 0 atom stereocenters. The maximum atomic E-state index is 12.2. The van der Waals surface area contributed by atoms with Crippen molar-refractivity contribution in [1.29, 1.82) is 0 Å². The largest absolute Gasteiger partial charge is 0.490 e. The van der Waals surface area contributed by atoms with Crippen LogP contribution in [0, 0.1) is 0 Å². The Morgan fingerprint density at radius 3 is 2.36 bits per heavy atom. The van der Waals surface area contributed by atoms with Crippen molar-refractivity contribution in [1.82, 2.24) is 5.32 Å². The van der Waals surface area contributed by atoms with Gasteiger partial charge in [-0.2, -0.15) is 0 Å². The van der Waals surface area contributed by atoms with Gasteiger partial charge in [0, 0.05) is 0 Å². The lowest BCUT2D eigenvalue weighted by atomic mass is 10.0. The van der Waals surface area contributed by atoms with Crippen molar-refractivity contribution in [2.75, 3.05) is 30.3 Å². The molecule has 1 N–H and O–H groups in total. The molecule has 152 valence electrons. The van der Waals surface area contributed by atoms with E-state index >= 15 is 0 Å². The molecule has 0 aliphatic rings. The SMILES string of the molecule is CC(C)c1ccc(N(CC(=O)NCCOc2ccccc2Cl)S(C)(=O)=O)cc1. The Balaban J connectivity index is 1.93. The predicted octanol–water partition coefficient (Wildman–Crippen LogP) is 3.42. The number of sulfonamides is 1. The van der Waals surface area contributed by atoms with Crippen LogP contribution in [0.5, 0.6) is 5.75 Å². The third kappa shape index (κ3) is 6.42. The standard InChI is InChI=1S/C20H25ClN2O4S/c1-15(2)16-8-10-17(11-9-16)23(28(3,25)26)14-20(24)22-12-13-27-19-7-5-4-6-18(19)21/h4-11,15H,12-14H2,1-3H3,(H,22,24). The van der Waals surface area contributed by atoms with Crippen LogP contribution in [0.1, 0.15) is 25.3 Å². The minimum Gasteiger partial charge on any atom is -0.490 e. The fraction of sp³-hybridized carbons (Fsp3) is 0.350. The highest BCUT2D eigenvalue weighted by atomic mass is 35.5. The van der Waals surface area contributed by atoms with Crippen LogP contribution in [0.15, 0.2) is 48.5 Å². The summed E-state index contributed by atoms with van der Waals surface area (Å²) in [5.74, 6) is 0.449. The number of hydrogen-bond donors (Lipinski definition) is 1. The van der Waals surface area contributed by atoms with Crippen molar-refractivity contribution >= 4 is 33.2 Å². The van der Waals surface area contributed by atoms with Crippen LogP contribution in [0.4, 0.5) is 5.69 Å². The normalized spacial score (nSPS) is 11.3. The van der Waals surface area contributed by atoms with Gasteiger partial charge in [0.05, 0.1) is 23.5 Å². The van der Waals surface area contributed by atoms with Crippen LogP contribution in [0.25, 0.3) is 0 Å². The van der Waals surface area contributed by atoms with Crippen molar-refractivity contribution in [3.63, 3.8) is 0 Å². The molecule has 0 unspecified atom stereocenters. The molecule has 6 nitrogen and oxygen atoms in total. The Bertz CT molecular complexity index is 899. The number of halogens is 1. The fourth-order valence-corrected chi connectivity index (χ4v) is 3.57. The first-order valence-corrected chi connectivity index (χ1v) is 11.1. The van der Waals surface area contributed by atoms with Gasteiger partial charge in [-0.3, -0.25) is 9.10 Å². The molecule has 2 aromatic rings. The van der Waals surface area contributed by atoms with E-state index in [9.17, 15) is 13.2 Å². The van der Waals surface area contributed by atoms with Gasteiger partial charge in [0.1, 0.15) is 18.9 Å². The monoisotopic (exact) mass is 424 g/mol. The molecule has 0 heterocycles. The highest BCUT2D eigenvalue weighted by Gasteiger charge is 2.20. The lowest BCUT2D eigenvalue weighted by Crippen LogP contribution is -2.41. The summed E-state index contributed by atoms with van der Waals surface area (Å²) in [4.78, 5) is 12.2. The Hall–Kier alpha value is -2.25. The number of amides is 1. The third-order valence-corrected chi connectivity index (χ3v) is 5.51. The summed E-state index contributed by atoms with van der Waals surface area (Å²) < 4.78 is 30.9. The van der Waals surface area contributed by atoms with Gasteiger partial charge in [0.25, 0.3) is 0 Å². The molecule has 28 heavy (non-hydrogen) atoms. The second-order valence-corrected chi connectivity index (χ2v) is 8.96. The molecule has 0 saturated heterocycles. The number of benzene rings is 2.